The molecule has 22 heavy (non-hydrogen) atoms. The van der Waals surface area contributed by atoms with Gasteiger partial charge in [-0.15, -0.1) is 0 Å². The van der Waals surface area contributed by atoms with E-state index in [2.05, 4.69) is 9.88 Å². The number of carbonyl (C=O) groups is 1. The molecular weight excluding hydrogens is 282 g/mol. The lowest BCUT2D eigenvalue weighted by Gasteiger charge is -2.32. The predicted octanol–water partition coefficient (Wildman–Crippen LogP) is 0.941. The standard InChI is InChI=1S/C16H19N3O3/c1-3-19-7-11-14(12(8-19)16(17)21)18-13-5-4-9(22-2)6-10(13)15(11)20/h4-6,12H,3,7-8H2,1-2H3,(H2,17,21)(H,18,20). The lowest BCUT2D eigenvalue weighted by Crippen LogP contribution is -2.42. The van der Waals surface area contributed by atoms with E-state index >= 15 is 0 Å². The van der Waals surface area contributed by atoms with Crippen molar-refractivity contribution < 1.29 is 9.53 Å². The molecule has 1 aliphatic rings. The molecule has 1 unspecified atom stereocenters. The van der Waals surface area contributed by atoms with E-state index in [0.717, 1.165) is 6.54 Å². The van der Waals surface area contributed by atoms with Crippen molar-refractivity contribution in [3.05, 3.63) is 39.7 Å². The van der Waals surface area contributed by atoms with Crippen molar-refractivity contribution >= 4 is 16.8 Å². The number of likely N-dealkylation sites (N-methyl/N-ethyl adjacent to an activating group) is 1. The Morgan fingerprint density at radius 3 is 2.91 bits per heavy atom. The summed E-state index contributed by atoms with van der Waals surface area (Å²) in [6.07, 6.45) is 0. The minimum atomic E-state index is -0.483. The fourth-order valence-corrected chi connectivity index (χ4v) is 3.02. The molecule has 2 heterocycles. The van der Waals surface area contributed by atoms with Crippen molar-refractivity contribution in [3.63, 3.8) is 0 Å². The largest absolute Gasteiger partial charge is 0.497 e. The smallest absolute Gasteiger partial charge is 0.227 e. The van der Waals surface area contributed by atoms with Gasteiger partial charge in [0.1, 0.15) is 5.75 Å². The maximum absolute atomic E-state index is 12.8. The van der Waals surface area contributed by atoms with E-state index in [9.17, 15) is 9.59 Å². The van der Waals surface area contributed by atoms with Gasteiger partial charge in [0.05, 0.1) is 13.0 Å². The van der Waals surface area contributed by atoms with Crippen LogP contribution in [0.25, 0.3) is 10.9 Å². The fraction of sp³-hybridized carbons (Fsp3) is 0.375. The second-order valence-corrected chi connectivity index (χ2v) is 5.54. The molecule has 0 spiro atoms. The topological polar surface area (TPSA) is 88.4 Å². The molecule has 1 amide bonds. The van der Waals surface area contributed by atoms with Crippen LogP contribution < -0.4 is 15.9 Å². The zero-order chi connectivity index (χ0) is 15.9. The van der Waals surface area contributed by atoms with Gasteiger partial charge in [-0.1, -0.05) is 6.92 Å². The molecule has 0 radical (unpaired) electrons. The fourth-order valence-electron chi connectivity index (χ4n) is 3.02. The zero-order valence-corrected chi connectivity index (χ0v) is 12.7. The number of benzene rings is 1. The summed E-state index contributed by atoms with van der Waals surface area (Å²) in [4.78, 5) is 29.9. The number of aromatic amines is 1. The lowest BCUT2D eigenvalue weighted by molar-refractivity contribution is -0.120. The van der Waals surface area contributed by atoms with Gasteiger partial charge in [0.15, 0.2) is 5.43 Å². The van der Waals surface area contributed by atoms with Gasteiger partial charge in [0.25, 0.3) is 0 Å². The number of nitrogens with zero attached hydrogens (tertiary/aromatic N) is 1. The molecule has 0 fully saturated rings. The molecule has 1 aromatic heterocycles. The number of carbonyl (C=O) groups excluding carboxylic acids is 1. The third kappa shape index (κ3) is 2.25. The van der Waals surface area contributed by atoms with Gasteiger partial charge in [0, 0.05) is 35.2 Å². The summed E-state index contributed by atoms with van der Waals surface area (Å²) in [5.74, 6) is -0.265. The molecule has 2 aromatic rings. The van der Waals surface area contributed by atoms with Crippen LogP contribution in [-0.4, -0.2) is 36.0 Å². The molecule has 0 saturated heterocycles. The Balaban J connectivity index is 2.26. The number of nitrogens with one attached hydrogen (secondary N) is 1. The number of aromatic nitrogens is 1. The maximum atomic E-state index is 12.8. The molecule has 1 atom stereocenters. The Morgan fingerprint density at radius 2 is 2.27 bits per heavy atom. The van der Waals surface area contributed by atoms with Crippen molar-refractivity contribution in [2.24, 2.45) is 5.73 Å². The Morgan fingerprint density at radius 1 is 1.50 bits per heavy atom. The van der Waals surface area contributed by atoms with Gasteiger partial charge in [-0.3, -0.25) is 14.5 Å². The van der Waals surface area contributed by atoms with Crippen molar-refractivity contribution in [3.8, 4) is 5.75 Å². The number of amides is 1. The van der Waals surface area contributed by atoms with Gasteiger partial charge in [-0.25, -0.2) is 0 Å². The molecule has 1 aromatic carbocycles. The van der Waals surface area contributed by atoms with Crippen molar-refractivity contribution in [2.45, 2.75) is 19.4 Å². The van der Waals surface area contributed by atoms with E-state index < -0.39 is 11.8 Å². The summed E-state index contributed by atoms with van der Waals surface area (Å²) in [6.45, 7) is 3.83. The minimum Gasteiger partial charge on any atom is -0.497 e. The van der Waals surface area contributed by atoms with Crippen LogP contribution in [0, 0.1) is 0 Å². The molecule has 0 bridgehead atoms. The van der Waals surface area contributed by atoms with Crippen LogP contribution in [0.2, 0.25) is 0 Å². The monoisotopic (exact) mass is 301 g/mol. The van der Waals surface area contributed by atoms with Crippen molar-refractivity contribution in [1.82, 2.24) is 9.88 Å². The van der Waals surface area contributed by atoms with Gasteiger partial charge >= 0.3 is 0 Å². The summed E-state index contributed by atoms with van der Waals surface area (Å²) in [6, 6.07) is 5.30. The predicted molar refractivity (Wildman–Crippen MR) is 84.0 cm³/mol. The molecule has 0 saturated carbocycles. The van der Waals surface area contributed by atoms with E-state index in [1.807, 2.05) is 6.92 Å². The van der Waals surface area contributed by atoms with Crippen LogP contribution in [-0.2, 0) is 11.3 Å². The van der Waals surface area contributed by atoms with E-state index in [-0.39, 0.29) is 5.43 Å². The zero-order valence-electron chi connectivity index (χ0n) is 12.7. The van der Waals surface area contributed by atoms with Crippen molar-refractivity contribution in [2.75, 3.05) is 20.2 Å². The minimum absolute atomic E-state index is 0.0629. The van der Waals surface area contributed by atoms with Crippen LogP contribution in [0.1, 0.15) is 24.1 Å². The van der Waals surface area contributed by atoms with Crippen LogP contribution in [0.3, 0.4) is 0 Å². The van der Waals surface area contributed by atoms with Crippen LogP contribution in [0.15, 0.2) is 23.0 Å². The number of H-pyrrole nitrogens is 1. The summed E-state index contributed by atoms with van der Waals surface area (Å²) < 4.78 is 5.19. The molecule has 116 valence electrons. The highest BCUT2D eigenvalue weighted by atomic mass is 16.5. The SMILES string of the molecule is CCN1Cc2c([nH]c3ccc(OC)cc3c2=O)C(C(N)=O)C1. The molecule has 6 nitrogen and oxygen atoms in total. The first kappa shape index (κ1) is 14.6. The highest BCUT2D eigenvalue weighted by Gasteiger charge is 2.31. The molecule has 0 aliphatic carbocycles. The normalized spacial score (nSPS) is 18.2. The number of fused-ring (bicyclic) bond motifs is 2. The quantitative estimate of drug-likeness (QED) is 0.883. The van der Waals surface area contributed by atoms with Crippen LogP contribution >= 0.6 is 0 Å². The van der Waals surface area contributed by atoms with Crippen molar-refractivity contribution in [1.29, 1.82) is 0 Å². The second-order valence-electron chi connectivity index (χ2n) is 5.54. The average Bonchev–Trinajstić information content (AvgIpc) is 2.54. The summed E-state index contributed by atoms with van der Waals surface area (Å²) in [5, 5.41) is 0.569. The van der Waals surface area contributed by atoms with Gasteiger partial charge in [-0.05, 0) is 24.7 Å². The number of nitrogens with two attached hydrogens (primary N) is 1. The Hall–Kier alpha value is -2.34. The van der Waals surface area contributed by atoms with Crippen LogP contribution in [0.4, 0.5) is 0 Å². The number of methoxy groups -OCH3 is 1. The number of ether oxygens (including phenoxy) is 1. The number of primary amides is 1. The first-order valence-electron chi connectivity index (χ1n) is 7.29. The molecular formula is C16H19N3O3. The average molecular weight is 301 g/mol. The summed E-state index contributed by atoms with van der Waals surface area (Å²) >= 11 is 0. The molecule has 3 rings (SSSR count). The third-order valence-electron chi connectivity index (χ3n) is 4.30. The first-order chi connectivity index (χ1) is 10.5. The number of hydrogen-bond acceptors (Lipinski definition) is 4. The van der Waals surface area contributed by atoms with Gasteiger partial charge < -0.3 is 15.5 Å². The maximum Gasteiger partial charge on any atom is 0.227 e. The summed E-state index contributed by atoms with van der Waals surface area (Å²) in [5.41, 5.74) is 7.44. The Kier molecular flexibility index (Phi) is 3.62. The highest BCUT2D eigenvalue weighted by Crippen LogP contribution is 2.27. The van der Waals surface area contributed by atoms with E-state index in [0.29, 0.717) is 41.0 Å². The number of hydrogen-bond donors (Lipinski definition) is 2. The van der Waals surface area contributed by atoms with E-state index in [1.165, 1.54) is 0 Å². The Bertz CT molecular complexity index is 797. The number of rotatable bonds is 3. The molecule has 6 heteroatoms. The van der Waals surface area contributed by atoms with Gasteiger partial charge in [-0.2, -0.15) is 0 Å². The second kappa shape index (κ2) is 5.46. The van der Waals surface area contributed by atoms with Crippen LogP contribution in [0.5, 0.6) is 5.75 Å². The van der Waals surface area contributed by atoms with E-state index in [4.69, 9.17) is 10.5 Å². The lowest BCUT2D eigenvalue weighted by atomic mass is 9.92. The summed E-state index contributed by atoms with van der Waals surface area (Å²) in [7, 11) is 1.57. The van der Waals surface area contributed by atoms with E-state index in [1.54, 1.807) is 25.3 Å². The Labute approximate surface area is 127 Å². The number of pyridine rings is 1. The highest BCUT2D eigenvalue weighted by molar-refractivity contribution is 5.86. The first-order valence-corrected chi connectivity index (χ1v) is 7.29. The van der Waals surface area contributed by atoms with Gasteiger partial charge in [0.2, 0.25) is 5.91 Å². The third-order valence-corrected chi connectivity index (χ3v) is 4.30. The molecule has 1 aliphatic heterocycles. The molecule has 3 N–H and O–H groups in total.